The van der Waals surface area contributed by atoms with Crippen LogP contribution in [0.15, 0.2) is 18.2 Å². The number of terminal acetylenes is 1. The van der Waals surface area contributed by atoms with Crippen molar-refractivity contribution in [3.8, 4) is 35.5 Å². The fourth-order valence-corrected chi connectivity index (χ4v) is 2.89. The molecule has 24 heavy (non-hydrogen) atoms. The summed E-state index contributed by atoms with van der Waals surface area (Å²) in [5.41, 5.74) is 0.979. The third kappa shape index (κ3) is 2.59. The number of halogens is 2. The Morgan fingerprint density at radius 3 is 2.79 bits per heavy atom. The van der Waals surface area contributed by atoms with Crippen LogP contribution in [0.4, 0.5) is 4.39 Å². The van der Waals surface area contributed by atoms with Gasteiger partial charge in [0.15, 0.2) is 6.10 Å². The highest BCUT2D eigenvalue weighted by Gasteiger charge is 2.25. The third-order valence-electron chi connectivity index (χ3n) is 3.89. The van der Waals surface area contributed by atoms with Crippen LogP contribution in [0.1, 0.15) is 24.5 Å². The van der Waals surface area contributed by atoms with Gasteiger partial charge in [0.1, 0.15) is 11.6 Å². The highest BCUT2D eigenvalue weighted by Crippen LogP contribution is 2.42. The summed E-state index contributed by atoms with van der Waals surface area (Å²) in [4.78, 5) is 0. The molecule has 3 rings (SSSR count). The van der Waals surface area contributed by atoms with Crippen molar-refractivity contribution >= 4 is 17.7 Å². The highest BCUT2D eigenvalue weighted by atomic mass is 35.5. The number of fused-ring (bicyclic) bond motifs is 1. The van der Waals surface area contributed by atoms with Crippen molar-refractivity contribution in [1.29, 1.82) is 0 Å². The average molecular weight is 348 g/mol. The van der Waals surface area contributed by atoms with E-state index in [1.165, 1.54) is 6.07 Å². The van der Waals surface area contributed by atoms with Gasteiger partial charge in [-0.15, -0.1) is 6.42 Å². The lowest BCUT2D eigenvalue weighted by molar-refractivity contribution is 0.278. The van der Waals surface area contributed by atoms with Crippen LogP contribution in [0.5, 0.6) is 17.5 Å². The van der Waals surface area contributed by atoms with Crippen molar-refractivity contribution in [1.82, 2.24) is 4.57 Å². The van der Waals surface area contributed by atoms with Crippen molar-refractivity contribution in [2.75, 3.05) is 0 Å². The van der Waals surface area contributed by atoms with Gasteiger partial charge < -0.3 is 14.9 Å². The molecule has 6 heteroatoms. The van der Waals surface area contributed by atoms with Crippen LogP contribution in [-0.2, 0) is 6.42 Å². The Morgan fingerprint density at radius 1 is 1.38 bits per heavy atom. The molecule has 1 aliphatic carbocycles. The van der Waals surface area contributed by atoms with Crippen molar-refractivity contribution in [2.45, 2.75) is 25.9 Å². The zero-order valence-corrected chi connectivity index (χ0v) is 13.6. The Kier molecular flexibility index (Phi) is 4.16. The summed E-state index contributed by atoms with van der Waals surface area (Å²) in [6.45, 7) is 1.65. The van der Waals surface area contributed by atoms with E-state index < -0.39 is 11.9 Å². The summed E-state index contributed by atoms with van der Waals surface area (Å²) in [6.07, 6.45) is 9.60. The maximum atomic E-state index is 14.4. The maximum absolute atomic E-state index is 14.4. The molecule has 0 aliphatic heterocycles. The number of aromatic nitrogens is 1. The molecule has 1 aromatic carbocycles. The molecule has 1 atom stereocenters. The number of hydrogen-bond donors (Lipinski definition) is 2. The fraction of sp³-hybridized carbons (Fsp3) is 0.222. The Morgan fingerprint density at radius 2 is 2.12 bits per heavy atom. The molecule has 1 aromatic heterocycles. The quantitative estimate of drug-likeness (QED) is 0.824. The van der Waals surface area contributed by atoms with E-state index in [1.54, 1.807) is 13.0 Å². The topological polar surface area (TPSA) is 54.6 Å². The lowest BCUT2D eigenvalue weighted by Crippen LogP contribution is -2.09. The van der Waals surface area contributed by atoms with Gasteiger partial charge in [-0.2, -0.15) is 0 Å². The van der Waals surface area contributed by atoms with Crippen molar-refractivity contribution in [3.05, 3.63) is 40.2 Å². The van der Waals surface area contributed by atoms with Gasteiger partial charge in [0.2, 0.25) is 11.8 Å². The zero-order valence-electron chi connectivity index (χ0n) is 12.9. The van der Waals surface area contributed by atoms with Gasteiger partial charge in [0.25, 0.3) is 0 Å². The minimum absolute atomic E-state index is 0.0501. The Hall–Kier alpha value is -2.58. The van der Waals surface area contributed by atoms with Gasteiger partial charge in [-0.3, -0.25) is 0 Å². The van der Waals surface area contributed by atoms with Crippen LogP contribution >= 0.6 is 11.6 Å². The second-order valence-electron chi connectivity index (χ2n) is 5.48. The molecule has 2 N–H and O–H groups in total. The smallest absolute Gasteiger partial charge is 0.206 e. The molecule has 1 aliphatic rings. The van der Waals surface area contributed by atoms with Crippen LogP contribution in [0, 0.1) is 18.2 Å². The molecule has 2 aromatic rings. The highest BCUT2D eigenvalue weighted by molar-refractivity contribution is 6.32. The van der Waals surface area contributed by atoms with Gasteiger partial charge in [-0.1, -0.05) is 29.7 Å². The second kappa shape index (κ2) is 6.14. The Bertz CT molecular complexity index is 880. The lowest BCUT2D eigenvalue weighted by Gasteiger charge is -2.14. The molecular formula is C18H15ClFNO3. The summed E-state index contributed by atoms with van der Waals surface area (Å²) < 4.78 is 20.9. The molecule has 0 bridgehead atoms. The third-order valence-corrected chi connectivity index (χ3v) is 4.18. The molecular weight excluding hydrogens is 333 g/mol. The van der Waals surface area contributed by atoms with Crippen LogP contribution in [-0.4, -0.2) is 20.9 Å². The standard InChI is InChI=1S/C18H15ClFNO3/c1-3-10(2)24-16-9-15(14(20)8-13(16)19)21-17(22)11-6-4-5-7-12(11)18(21)23/h1,4,6,8-10,22-23H,5,7H2,2H3. The Balaban J connectivity index is 2.17. The van der Waals surface area contributed by atoms with E-state index in [4.69, 9.17) is 22.8 Å². The maximum Gasteiger partial charge on any atom is 0.206 e. The first-order valence-corrected chi connectivity index (χ1v) is 7.76. The number of rotatable bonds is 3. The van der Waals surface area contributed by atoms with Gasteiger partial charge in [0, 0.05) is 17.2 Å². The van der Waals surface area contributed by atoms with Gasteiger partial charge in [0.05, 0.1) is 10.7 Å². The zero-order chi connectivity index (χ0) is 17.4. The van der Waals surface area contributed by atoms with Gasteiger partial charge in [-0.05, 0) is 25.8 Å². The fourth-order valence-electron chi connectivity index (χ4n) is 2.69. The summed E-state index contributed by atoms with van der Waals surface area (Å²) >= 11 is 5.99. The largest absolute Gasteiger partial charge is 0.494 e. The van der Waals surface area contributed by atoms with E-state index in [0.717, 1.165) is 17.1 Å². The molecule has 0 spiro atoms. The van der Waals surface area contributed by atoms with E-state index in [9.17, 15) is 14.6 Å². The number of nitrogens with zero attached hydrogens (tertiary/aromatic N) is 1. The molecule has 4 nitrogen and oxygen atoms in total. The molecule has 1 heterocycles. The summed E-state index contributed by atoms with van der Waals surface area (Å²) in [5, 5.41) is 20.9. The molecule has 124 valence electrons. The number of allylic oxidation sites excluding steroid dienone is 1. The van der Waals surface area contributed by atoms with E-state index in [0.29, 0.717) is 17.5 Å². The van der Waals surface area contributed by atoms with E-state index in [-0.39, 0.29) is 28.2 Å². The van der Waals surface area contributed by atoms with Crippen molar-refractivity contribution in [2.24, 2.45) is 0 Å². The van der Waals surface area contributed by atoms with Gasteiger partial charge in [-0.25, -0.2) is 8.96 Å². The molecule has 0 saturated heterocycles. The normalized spacial score (nSPS) is 14.1. The van der Waals surface area contributed by atoms with Crippen LogP contribution in [0.3, 0.4) is 0 Å². The minimum atomic E-state index is -0.706. The van der Waals surface area contributed by atoms with E-state index in [1.807, 2.05) is 6.08 Å². The summed E-state index contributed by atoms with van der Waals surface area (Å²) in [6, 6.07) is 2.36. The predicted molar refractivity (Wildman–Crippen MR) is 90.3 cm³/mol. The first-order valence-electron chi connectivity index (χ1n) is 7.38. The molecule has 0 radical (unpaired) electrons. The number of ether oxygens (including phenoxy) is 1. The van der Waals surface area contributed by atoms with Crippen LogP contribution in [0.25, 0.3) is 11.8 Å². The van der Waals surface area contributed by atoms with E-state index >= 15 is 0 Å². The SMILES string of the molecule is C#CC(C)Oc1cc(-n2c(O)c3c(c2O)CCC=C3)c(F)cc1Cl. The predicted octanol–water partition coefficient (Wildman–Crippen LogP) is 4.04. The summed E-state index contributed by atoms with van der Waals surface area (Å²) in [7, 11) is 0. The second-order valence-corrected chi connectivity index (χ2v) is 5.88. The lowest BCUT2D eigenvalue weighted by atomic mass is 10.0. The summed E-state index contributed by atoms with van der Waals surface area (Å²) in [5.74, 6) is 1.40. The van der Waals surface area contributed by atoms with Crippen LogP contribution in [0.2, 0.25) is 5.02 Å². The van der Waals surface area contributed by atoms with Crippen molar-refractivity contribution < 1.29 is 19.3 Å². The first-order chi connectivity index (χ1) is 11.4. The molecule has 0 amide bonds. The average Bonchev–Trinajstić information content (AvgIpc) is 2.82. The molecule has 0 fully saturated rings. The number of aromatic hydroxyl groups is 2. The molecule has 0 saturated carbocycles. The van der Waals surface area contributed by atoms with E-state index in [2.05, 4.69) is 5.92 Å². The minimum Gasteiger partial charge on any atom is -0.494 e. The first kappa shape index (κ1) is 16.3. The van der Waals surface area contributed by atoms with Crippen molar-refractivity contribution in [3.63, 3.8) is 0 Å². The Labute approximate surface area is 143 Å². The number of hydrogen-bond acceptors (Lipinski definition) is 3. The van der Waals surface area contributed by atoms with Crippen LogP contribution < -0.4 is 4.74 Å². The van der Waals surface area contributed by atoms with Gasteiger partial charge >= 0.3 is 0 Å². The number of benzene rings is 1. The molecule has 1 unspecified atom stereocenters. The monoisotopic (exact) mass is 347 g/mol.